The Hall–Kier alpha value is -0.980. The summed E-state index contributed by atoms with van der Waals surface area (Å²) in [4.78, 5) is 5.58. The molecule has 18 heavy (non-hydrogen) atoms. The van der Waals surface area contributed by atoms with E-state index in [-0.39, 0.29) is 5.54 Å². The van der Waals surface area contributed by atoms with Gasteiger partial charge in [-0.05, 0) is 36.5 Å². The van der Waals surface area contributed by atoms with Crippen molar-refractivity contribution in [1.82, 2.24) is 10.3 Å². The molecule has 2 aromatic heterocycles. The molecule has 1 aliphatic carbocycles. The molecule has 0 unspecified atom stereocenters. The number of nitrogens with one attached hydrogen (secondary N) is 2. The first-order chi connectivity index (χ1) is 8.76. The SMILES string of the molecule is S=C(Nc1nccs1)NC1(Cc2cccs2)CC1. The van der Waals surface area contributed by atoms with Gasteiger partial charge in [-0.3, -0.25) is 0 Å². The van der Waals surface area contributed by atoms with Gasteiger partial charge in [0.15, 0.2) is 10.2 Å². The Bertz CT molecular complexity index is 515. The third-order valence-corrected chi connectivity index (χ3v) is 4.75. The number of thiocarbonyl (C=S) groups is 1. The molecule has 6 heteroatoms. The van der Waals surface area contributed by atoms with Crippen LogP contribution in [0.25, 0.3) is 0 Å². The van der Waals surface area contributed by atoms with Crippen LogP contribution in [0.5, 0.6) is 0 Å². The molecule has 2 heterocycles. The highest BCUT2D eigenvalue weighted by atomic mass is 32.1. The molecule has 1 saturated carbocycles. The summed E-state index contributed by atoms with van der Waals surface area (Å²) in [6.07, 6.45) is 5.20. The van der Waals surface area contributed by atoms with Crippen molar-refractivity contribution in [1.29, 1.82) is 0 Å². The van der Waals surface area contributed by atoms with Crippen molar-refractivity contribution in [3.8, 4) is 0 Å². The number of hydrogen-bond donors (Lipinski definition) is 2. The number of nitrogens with zero attached hydrogens (tertiary/aromatic N) is 1. The molecule has 0 saturated heterocycles. The number of thiophene rings is 1. The minimum Gasteiger partial charge on any atom is -0.357 e. The van der Waals surface area contributed by atoms with Crippen molar-refractivity contribution in [2.24, 2.45) is 0 Å². The molecule has 1 fully saturated rings. The molecule has 0 bridgehead atoms. The lowest BCUT2D eigenvalue weighted by atomic mass is 10.1. The summed E-state index contributed by atoms with van der Waals surface area (Å²) >= 11 is 8.70. The molecule has 3 nitrogen and oxygen atoms in total. The molecule has 0 atom stereocenters. The smallest absolute Gasteiger partial charge is 0.188 e. The predicted molar refractivity (Wildman–Crippen MR) is 81.5 cm³/mol. The van der Waals surface area contributed by atoms with Gasteiger partial charge in [0.2, 0.25) is 0 Å². The highest BCUT2D eigenvalue weighted by Gasteiger charge is 2.43. The van der Waals surface area contributed by atoms with Gasteiger partial charge in [-0.15, -0.1) is 22.7 Å². The van der Waals surface area contributed by atoms with Crippen LogP contribution in [0.3, 0.4) is 0 Å². The van der Waals surface area contributed by atoms with Gasteiger partial charge in [-0.25, -0.2) is 4.98 Å². The molecular formula is C12H13N3S3. The van der Waals surface area contributed by atoms with Crippen LogP contribution < -0.4 is 10.6 Å². The molecule has 3 rings (SSSR count). The first-order valence-corrected chi connectivity index (χ1v) is 7.94. The Balaban J connectivity index is 1.57. The van der Waals surface area contributed by atoms with Crippen LogP contribution >= 0.6 is 34.9 Å². The first kappa shape index (κ1) is 12.1. The van der Waals surface area contributed by atoms with E-state index in [0.717, 1.165) is 11.6 Å². The summed E-state index contributed by atoms with van der Waals surface area (Å²) in [5.74, 6) is 0. The summed E-state index contributed by atoms with van der Waals surface area (Å²) in [6, 6.07) is 4.28. The molecule has 2 aromatic rings. The molecule has 0 amide bonds. The largest absolute Gasteiger partial charge is 0.357 e. The lowest BCUT2D eigenvalue weighted by molar-refractivity contribution is 0.606. The zero-order chi connectivity index (χ0) is 12.4. The van der Waals surface area contributed by atoms with Gasteiger partial charge >= 0.3 is 0 Å². The van der Waals surface area contributed by atoms with Gasteiger partial charge in [0.1, 0.15) is 0 Å². The number of rotatable bonds is 4. The second kappa shape index (κ2) is 4.95. The fraction of sp³-hybridized carbons (Fsp3) is 0.333. The fourth-order valence-electron chi connectivity index (χ4n) is 1.90. The van der Waals surface area contributed by atoms with Gasteiger partial charge in [-0.1, -0.05) is 6.07 Å². The Morgan fingerprint density at radius 1 is 1.39 bits per heavy atom. The van der Waals surface area contributed by atoms with Crippen LogP contribution in [0, 0.1) is 0 Å². The van der Waals surface area contributed by atoms with Gasteiger partial charge < -0.3 is 10.6 Å². The number of aromatic nitrogens is 1. The normalized spacial score (nSPS) is 16.2. The van der Waals surface area contributed by atoms with Crippen LogP contribution in [0.4, 0.5) is 5.13 Å². The monoisotopic (exact) mass is 295 g/mol. The molecule has 0 aliphatic heterocycles. The highest BCUT2D eigenvalue weighted by molar-refractivity contribution is 7.80. The number of thiazole rings is 1. The van der Waals surface area contributed by atoms with Crippen molar-refractivity contribution < 1.29 is 0 Å². The first-order valence-electron chi connectivity index (χ1n) is 5.77. The maximum Gasteiger partial charge on any atom is 0.188 e. The van der Waals surface area contributed by atoms with E-state index < -0.39 is 0 Å². The Morgan fingerprint density at radius 2 is 2.28 bits per heavy atom. The van der Waals surface area contributed by atoms with Gasteiger partial charge in [0.25, 0.3) is 0 Å². The Morgan fingerprint density at radius 3 is 2.89 bits per heavy atom. The lowest BCUT2D eigenvalue weighted by Crippen LogP contribution is -2.40. The van der Waals surface area contributed by atoms with E-state index in [4.69, 9.17) is 12.2 Å². The summed E-state index contributed by atoms with van der Waals surface area (Å²) in [5.41, 5.74) is 0.173. The van der Waals surface area contributed by atoms with Gasteiger partial charge in [0, 0.05) is 28.4 Å². The zero-order valence-electron chi connectivity index (χ0n) is 9.68. The molecular weight excluding hydrogens is 282 g/mol. The van der Waals surface area contributed by atoms with E-state index in [1.54, 1.807) is 17.5 Å². The minimum atomic E-state index is 0.173. The average molecular weight is 295 g/mol. The van der Waals surface area contributed by atoms with Gasteiger partial charge in [0.05, 0.1) is 0 Å². The molecule has 0 aromatic carbocycles. The topological polar surface area (TPSA) is 37.0 Å². The average Bonchev–Trinajstić information content (AvgIpc) is 2.79. The van der Waals surface area contributed by atoms with Crippen LogP contribution in [0.2, 0.25) is 0 Å². The van der Waals surface area contributed by atoms with Crippen molar-refractivity contribution in [2.75, 3.05) is 5.32 Å². The van der Waals surface area contributed by atoms with Crippen LogP contribution in [0.15, 0.2) is 29.1 Å². The maximum atomic E-state index is 5.33. The highest BCUT2D eigenvalue weighted by Crippen LogP contribution is 2.39. The van der Waals surface area contributed by atoms with E-state index in [1.807, 2.05) is 16.7 Å². The van der Waals surface area contributed by atoms with E-state index >= 15 is 0 Å². The van der Waals surface area contributed by atoms with E-state index in [0.29, 0.717) is 5.11 Å². The molecule has 0 spiro atoms. The third kappa shape index (κ3) is 2.88. The van der Waals surface area contributed by atoms with E-state index in [9.17, 15) is 0 Å². The summed E-state index contributed by atoms with van der Waals surface area (Å²) in [6.45, 7) is 0. The molecule has 0 radical (unpaired) electrons. The predicted octanol–water partition coefficient (Wildman–Crippen LogP) is 3.27. The van der Waals surface area contributed by atoms with E-state index in [2.05, 4.69) is 33.1 Å². The van der Waals surface area contributed by atoms with Gasteiger partial charge in [-0.2, -0.15) is 0 Å². The van der Waals surface area contributed by atoms with Crippen LogP contribution in [-0.4, -0.2) is 15.6 Å². The zero-order valence-corrected chi connectivity index (χ0v) is 12.1. The Labute approximate surface area is 119 Å². The fourth-order valence-corrected chi connectivity index (χ4v) is 3.66. The second-order valence-electron chi connectivity index (χ2n) is 4.45. The van der Waals surface area contributed by atoms with Crippen molar-refractivity contribution >= 4 is 45.1 Å². The molecule has 1 aliphatic rings. The summed E-state index contributed by atoms with van der Waals surface area (Å²) < 4.78 is 0. The quantitative estimate of drug-likeness (QED) is 0.849. The number of anilines is 1. The third-order valence-electron chi connectivity index (χ3n) is 2.98. The number of hydrogen-bond acceptors (Lipinski definition) is 4. The summed E-state index contributed by atoms with van der Waals surface area (Å²) in [5, 5.41) is 12.1. The minimum absolute atomic E-state index is 0.173. The van der Waals surface area contributed by atoms with Crippen molar-refractivity contribution in [2.45, 2.75) is 24.8 Å². The molecule has 2 N–H and O–H groups in total. The summed E-state index contributed by atoms with van der Waals surface area (Å²) in [7, 11) is 0. The lowest BCUT2D eigenvalue weighted by Gasteiger charge is -2.18. The van der Waals surface area contributed by atoms with E-state index in [1.165, 1.54) is 17.7 Å². The van der Waals surface area contributed by atoms with Crippen molar-refractivity contribution in [3.63, 3.8) is 0 Å². The van der Waals surface area contributed by atoms with Crippen LogP contribution in [0.1, 0.15) is 17.7 Å². The standard InChI is InChI=1S/C12H13N3S3/c16-10(14-11-13-5-7-18-11)15-12(3-4-12)8-9-2-1-6-17-9/h1-2,5-7H,3-4,8H2,(H2,13,14,15,16). The second-order valence-corrected chi connectivity index (χ2v) is 6.79. The molecule has 94 valence electrons. The van der Waals surface area contributed by atoms with Crippen molar-refractivity contribution in [3.05, 3.63) is 34.0 Å². The maximum absolute atomic E-state index is 5.33. The Kier molecular flexibility index (Phi) is 3.32. The van der Waals surface area contributed by atoms with Crippen LogP contribution in [-0.2, 0) is 6.42 Å².